The smallest absolute Gasteiger partial charge is 0.143 e. The van der Waals surface area contributed by atoms with Crippen LogP contribution in [-0.4, -0.2) is 0 Å². The van der Waals surface area contributed by atoms with E-state index in [1.165, 1.54) is 0 Å². The average Bonchev–Trinajstić information content (AvgIpc) is 3.67. The predicted molar refractivity (Wildman–Crippen MR) is 208 cm³/mol. The Morgan fingerprint density at radius 3 is 1.57 bits per heavy atom. The van der Waals surface area contributed by atoms with E-state index >= 15 is 0 Å². The molecule has 0 fully saturated rings. The molecule has 49 heavy (non-hydrogen) atoms. The van der Waals surface area contributed by atoms with E-state index in [4.69, 9.17) is 9.90 Å². The lowest BCUT2D eigenvalue weighted by Gasteiger charge is -2.18. The summed E-state index contributed by atoms with van der Waals surface area (Å²) >= 11 is 0. The van der Waals surface area contributed by atoms with Crippen LogP contribution >= 0.6 is 0 Å². The molecule has 0 radical (unpaired) electrons. The summed E-state index contributed by atoms with van der Waals surface area (Å²) in [6, 6.07) is 26.8. The lowest BCUT2D eigenvalue weighted by atomic mass is 9.85. The van der Waals surface area contributed by atoms with Gasteiger partial charge in [0.05, 0.1) is 16.4 Å². The number of furan rings is 1. The second-order valence-corrected chi connectivity index (χ2v) is 11.9. The van der Waals surface area contributed by atoms with Gasteiger partial charge in [-0.15, -0.1) is 0 Å². The van der Waals surface area contributed by atoms with Crippen LogP contribution in [0.2, 0.25) is 0 Å². The molecule has 1 heteroatoms. The van der Waals surface area contributed by atoms with Crippen LogP contribution in [0.4, 0.5) is 0 Å². The van der Waals surface area contributed by atoms with E-state index in [-0.39, 0.29) is 49.4 Å². The minimum absolute atomic E-state index is 0.00461. The Bertz CT molecular complexity index is 3450. The second kappa shape index (κ2) is 11.1. The van der Waals surface area contributed by atoms with Gasteiger partial charge in [-0.2, -0.15) is 0 Å². The van der Waals surface area contributed by atoms with Crippen LogP contribution in [0.25, 0.3) is 98.8 Å². The Morgan fingerprint density at radius 1 is 0.347 bits per heavy atom. The van der Waals surface area contributed by atoms with E-state index in [2.05, 4.69) is 0 Å². The van der Waals surface area contributed by atoms with Crippen molar-refractivity contribution in [3.05, 3.63) is 182 Å². The van der Waals surface area contributed by atoms with Crippen molar-refractivity contribution in [1.82, 2.24) is 0 Å². The highest BCUT2D eigenvalue weighted by Crippen LogP contribution is 2.47. The van der Waals surface area contributed by atoms with Gasteiger partial charge in [-0.25, -0.2) is 0 Å². The van der Waals surface area contributed by atoms with E-state index in [0.717, 1.165) is 27.3 Å². The molecule has 0 N–H and O–H groups in total. The largest absolute Gasteiger partial charge is 0.455 e. The first-order valence-corrected chi connectivity index (χ1v) is 15.9. The maximum absolute atomic E-state index is 9.50. The van der Waals surface area contributed by atoms with Gasteiger partial charge in [0, 0.05) is 27.5 Å². The van der Waals surface area contributed by atoms with Gasteiger partial charge < -0.3 is 4.42 Å². The van der Waals surface area contributed by atoms with Gasteiger partial charge in [0.25, 0.3) is 0 Å². The third-order valence-corrected chi connectivity index (χ3v) is 9.17. The fourth-order valence-corrected chi connectivity index (χ4v) is 6.93. The fourth-order valence-electron chi connectivity index (χ4n) is 6.93. The quantitative estimate of drug-likeness (QED) is 0.176. The first-order valence-electron chi connectivity index (χ1n) is 21.9. The molecule has 10 rings (SSSR count). The number of benzene rings is 9. The predicted octanol–water partition coefficient (Wildman–Crippen LogP) is 13.7. The zero-order valence-electron chi connectivity index (χ0n) is 37.8. The molecule has 0 unspecified atom stereocenters. The summed E-state index contributed by atoms with van der Waals surface area (Å²) in [5.41, 5.74) is 2.66. The molecule has 0 amide bonds. The number of rotatable bonds is 4. The summed E-state index contributed by atoms with van der Waals surface area (Å²) < 4.78 is 118. The third-order valence-electron chi connectivity index (χ3n) is 9.17. The van der Waals surface area contributed by atoms with Crippen LogP contribution in [-0.2, 0) is 0 Å². The molecule has 228 valence electrons. The SMILES string of the molecule is [2H]c1c([2H])c(-c2c3c([2H])c([2H])c([2H])c([2H])c3c(-c3cccc4c3oc3c(-c5ccccc5)cccc34)c3c([2H])c([2H])c([2H])c([2H])c23)c([2H])c([2H])c1-c1ccc2ccccc2c1. The lowest BCUT2D eigenvalue weighted by molar-refractivity contribution is 0.671. The minimum Gasteiger partial charge on any atom is -0.455 e. The highest BCUT2D eigenvalue weighted by molar-refractivity contribution is 6.24. The van der Waals surface area contributed by atoms with Crippen LogP contribution in [0.15, 0.2) is 186 Å². The van der Waals surface area contributed by atoms with Crippen molar-refractivity contribution in [3.63, 3.8) is 0 Å². The van der Waals surface area contributed by atoms with Gasteiger partial charge in [-0.3, -0.25) is 0 Å². The molecule has 1 aromatic heterocycles. The molecular weight excluding hydrogens is 593 g/mol. The molecule has 0 bridgehead atoms. The van der Waals surface area contributed by atoms with Gasteiger partial charge in [0.15, 0.2) is 0 Å². The Balaban J connectivity index is 1.40. The maximum Gasteiger partial charge on any atom is 0.143 e. The van der Waals surface area contributed by atoms with Gasteiger partial charge in [-0.1, -0.05) is 176 Å². The van der Waals surface area contributed by atoms with Crippen molar-refractivity contribution >= 4 is 54.3 Å². The van der Waals surface area contributed by atoms with Crippen molar-refractivity contribution in [2.75, 3.05) is 0 Å². The van der Waals surface area contributed by atoms with E-state index in [9.17, 15) is 11.0 Å². The molecule has 0 aliphatic rings. The number of hydrogen-bond acceptors (Lipinski definition) is 1. The molecule has 0 spiro atoms. The van der Waals surface area contributed by atoms with E-state index in [1.54, 1.807) is 24.3 Å². The van der Waals surface area contributed by atoms with Crippen molar-refractivity contribution in [2.45, 2.75) is 0 Å². The second-order valence-electron chi connectivity index (χ2n) is 11.9. The zero-order chi connectivity index (χ0) is 42.8. The third kappa shape index (κ3) is 4.40. The summed E-state index contributed by atoms with van der Waals surface area (Å²) in [6.07, 6.45) is 0. The van der Waals surface area contributed by atoms with Crippen LogP contribution in [0.3, 0.4) is 0 Å². The van der Waals surface area contributed by atoms with E-state index in [0.29, 0.717) is 22.1 Å². The molecule has 0 aliphatic heterocycles. The number of para-hydroxylation sites is 2. The molecular formula is C48H30O. The summed E-state index contributed by atoms with van der Waals surface area (Å²) in [5, 5.41) is 2.41. The van der Waals surface area contributed by atoms with Crippen LogP contribution in [0, 0.1) is 0 Å². The lowest BCUT2D eigenvalue weighted by Crippen LogP contribution is -1.91. The monoisotopic (exact) mass is 634 g/mol. The van der Waals surface area contributed by atoms with Crippen LogP contribution in [0.1, 0.15) is 16.4 Å². The summed E-state index contributed by atoms with van der Waals surface area (Å²) in [5.74, 6) is 0. The maximum atomic E-state index is 9.50. The fraction of sp³-hybridized carbons (Fsp3) is 0. The molecule has 1 heterocycles. The Hall–Kier alpha value is -6.44. The Labute approximate surface area is 301 Å². The summed E-state index contributed by atoms with van der Waals surface area (Å²) in [4.78, 5) is 0. The molecule has 9 aromatic carbocycles. The standard InChI is InChI=1S/C48H30O/c1-2-13-33(14-3-1)37-20-10-21-42-43-22-11-23-44(48(43)49-47(37)42)46-40-18-8-6-16-38(40)45(39-17-7-9-19-41(39)46)34-27-24-32(25-28-34)36-29-26-31-12-4-5-15-35(31)30-36/h1-30H/i6D,7D,8D,9D,16D,17D,18D,19D,24D,25D,27D,28D. The average molecular weight is 635 g/mol. The highest BCUT2D eigenvalue weighted by Gasteiger charge is 2.21. The molecule has 1 nitrogen and oxygen atoms in total. The van der Waals surface area contributed by atoms with Crippen molar-refractivity contribution in [2.24, 2.45) is 0 Å². The molecule has 0 saturated carbocycles. The summed E-state index contributed by atoms with van der Waals surface area (Å²) in [6.45, 7) is 0. The Morgan fingerprint density at radius 2 is 0.898 bits per heavy atom. The first-order chi connectivity index (χ1) is 29.3. The van der Waals surface area contributed by atoms with Crippen molar-refractivity contribution < 1.29 is 20.9 Å². The van der Waals surface area contributed by atoms with Crippen molar-refractivity contribution in [3.8, 4) is 44.5 Å². The van der Waals surface area contributed by atoms with Gasteiger partial charge in [0.1, 0.15) is 11.2 Å². The minimum atomic E-state index is -0.651. The van der Waals surface area contributed by atoms with E-state index < -0.39 is 72.5 Å². The zero-order valence-corrected chi connectivity index (χ0v) is 25.8. The number of fused-ring (bicyclic) bond motifs is 6. The van der Waals surface area contributed by atoms with E-state index in [1.807, 2.05) is 84.9 Å². The first kappa shape index (κ1) is 18.2. The summed E-state index contributed by atoms with van der Waals surface area (Å²) in [7, 11) is 0. The highest BCUT2D eigenvalue weighted by atomic mass is 16.3. The number of hydrogen-bond donors (Lipinski definition) is 0. The van der Waals surface area contributed by atoms with Gasteiger partial charge in [0.2, 0.25) is 0 Å². The normalized spacial score (nSPS) is 15.1. The molecule has 0 saturated heterocycles. The topological polar surface area (TPSA) is 13.1 Å². The van der Waals surface area contributed by atoms with Crippen LogP contribution < -0.4 is 0 Å². The van der Waals surface area contributed by atoms with Gasteiger partial charge >= 0.3 is 0 Å². The molecule has 10 aromatic rings. The van der Waals surface area contributed by atoms with Crippen molar-refractivity contribution in [1.29, 1.82) is 0 Å². The molecule has 0 atom stereocenters. The van der Waals surface area contributed by atoms with Gasteiger partial charge in [-0.05, 0) is 66.2 Å². The van der Waals surface area contributed by atoms with Crippen LogP contribution in [0.5, 0.6) is 0 Å². The molecule has 0 aliphatic carbocycles. The Kier molecular flexibility index (Phi) is 4.11.